The fraction of sp³-hybridized carbons (Fsp3) is 0.667. The summed E-state index contributed by atoms with van der Waals surface area (Å²) in [6.07, 6.45) is 1.67. The highest BCUT2D eigenvalue weighted by molar-refractivity contribution is 7.10. The Labute approximate surface area is 119 Å². The van der Waals surface area contributed by atoms with Crippen LogP contribution in [0.25, 0.3) is 0 Å². The summed E-state index contributed by atoms with van der Waals surface area (Å²) in [6, 6.07) is 4.02. The second-order valence-electron chi connectivity index (χ2n) is 6.00. The van der Waals surface area contributed by atoms with Crippen LogP contribution in [0.2, 0.25) is 0 Å². The van der Waals surface area contributed by atoms with E-state index < -0.39 is 5.41 Å². The summed E-state index contributed by atoms with van der Waals surface area (Å²) in [4.78, 5) is 15.8. The zero-order valence-electron chi connectivity index (χ0n) is 11.9. The minimum atomic E-state index is -0.464. The highest BCUT2D eigenvalue weighted by Gasteiger charge is 2.37. The SMILES string of the molecule is CC(O)C1CCCN(C(=O)C(C)(C)c2cccs2)C1. The second kappa shape index (κ2) is 5.63. The molecule has 1 aliphatic rings. The van der Waals surface area contributed by atoms with Crippen molar-refractivity contribution in [1.82, 2.24) is 4.90 Å². The van der Waals surface area contributed by atoms with Gasteiger partial charge in [-0.25, -0.2) is 0 Å². The minimum absolute atomic E-state index is 0.181. The second-order valence-corrected chi connectivity index (χ2v) is 6.94. The normalized spacial score (nSPS) is 22.3. The molecule has 1 aliphatic heterocycles. The summed E-state index contributed by atoms with van der Waals surface area (Å²) >= 11 is 1.63. The van der Waals surface area contributed by atoms with Gasteiger partial charge in [0.2, 0.25) is 5.91 Å². The minimum Gasteiger partial charge on any atom is -0.393 e. The number of rotatable bonds is 3. The van der Waals surface area contributed by atoms with Gasteiger partial charge in [0.25, 0.3) is 0 Å². The van der Waals surface area contributed by atoms with Gasteiger partial charge in [0.05, 0.1) is 11.5 Å². The molecular weight excluding hydrogens is 258 g/mol. The number of nitrogens with zero attached hydrogens (tertiary/aromatic N) is 1. The molecule has 1 fully saturated rings. The van der Waals surface area contributed by atoms with Crippen molar-refractivity contribution in [2.24, 2.45) is 5.92 Å². The topological polar surface area (TPSA) is 40.5 Å². The average molecular weight is 281 g/mol. The van der Waals surface area contributed by atoms with E-state index >= 15 is 0 Å². The monoisotopic (exact) mass is 281 g/mol. The van der Waals surface area contributed by atoms with Gasteiger partial charge in [-0.1, -0.05) is 6.07 Å². The molecule has 2 rings (SSSR count). The predicted octanol–water partition coefficient (Wildman–Crippen LogP) is 2.65. The lowest BCUT2D eigenvalue weighted by Crippen LogP contribution is -2.49. The summed E-state index contributed by atoms with van der Waals surface area (Å²) < 4.78 is 0. The summed E-state index contributed by atoms with van der Waals surface area (Å²) in [5.74, 6) is 0.400. The number of carbonyl (C=O) groups excluding carboxylic acids is 1. The maximum Gasteiger partial charge on any atom is 0.233 e. The molecule has 106 valence electrons. The molecule has 1 amide bonds. The number of piperidine rings is 1. The van der Waals surface area contributed by atoms with Gasteiger partial charge in [-0.05, 0) is 45.1 Å². The van der Waals surface area contributed by atoms with Crippen molar-refractivity contribution in [3.8, 4) is 0 Å². The molecular formula is C15H23NO2S. The Bertz CT molecular complexity index is 425. The van der Waals surface area contributed by atoms with E-state index in [0.29, 0.717) is 6.54 Å². The molecule has 3 nitrogen and oxygen atoms in total. The largest absolute Gasteiger partial charge is 0.393 e. The first kappa shape index (κ1) is 14.5. The Hall–Kier alpha value is -0.870. The molecule has 1 aromatic rings. The molecule has 2 heterocycles. The van der Waals surface area contributed by atoms with Crippen molar-refractivity contribution in [2.45, 2.75) is 45.1 Å². The third kappa shape index (κ3) is 3.00. The van der Waals surface area contributed by atoms with Crippen LogP contribution >= 0.6 is 11.3 Å². The Balaban J connectivity index is 2.11. The maximum atomic E-state index is 12.7. The van der Waals surface area contributed by atoms with Gasteiger partial charge in [0.15, 0.2) is 0 Å². The Morgan fingerprint density at radius 2 is 2.32 bits per heavy atom. The number of likely N-dealkylation sites (tertiary alicyclic amines) is 1. The molecule has 1 N–H and O–H groups in total. The van der Waals surface area contributed by atoms with Gasteiger partial charge in [-0.15, -0.1) is 11.3 Å². The quantitative estimate of drug-likeness (QED) is 0.925. The number of amides is 1. The van der Waals surface area contributed by atoms with Gasteiger partial charge in [-0.3, -0.25) is 4.79 Å². The molecule has 1 saturated heterocycles. The zero-order chi connectivity index (χ0) is 14.0. The van der Waals surface area contributed by atoms with E-state index in [-0.39, 0.29) is 17.9 Å². The van der Waals surface area contributed by atoms with Gasteiger partial charge in [-0.2, -0.15) is 0 Å². The molecule has 19 heavy (non-hydrogen) atoms. The van der Waals surface area contributed by atoms with Gasteiger partial charge in [0.1, 0.15) is 0 Å². The first-order valence-electron chi connectivity index (χ1n) is 6.94. The van der Waals surface area contributed by atoms with E-state index in [1.165, 1.54) is 0 Å². The summed E-state index contributed by atoms with van der Waals surface area (Å²) in [5, 5.41) is 11.7. The van der Waals surface area contributed by atoms with Crippen LogP contribution in [-0.4, -0.2) is 35.1 Å². The molecule has 2 unspecified atom stereocenters. The lowest BCUT2D eigenvalue weighted by molar-refractivity contribution is -0.138. The Morgan fingerprint density at radius 3 is 2.89 bits per heavy atom. The number of aliphatic hydroxyl groups is 1. The molecule has 4 heteroatoms. The fourth-order valence-electron chi connectivity index (χ4n) is 2.72. The van der Waals surface area contributed by atoms with Crippen molar-refractivity contribution in [3.05, 3.63) is 22.4 Å². The van der Waals surface area contributed by atoms with Crippen LogP contribution in [0.3, 0.4) is 0 Å². The summed E-state index contributed by atoms with van der Waals surface area (Å²) in [7, 11) is 0. The first-order valence-corrected chi connectivity index (χ1v) is 7.82. The average Bonchev–Trinajstić information content (AvgIpc) is 2.92. The Morgan fingerprint density at radius 1 is 1.58 bits per heavy atom. The van der Waals surface area contributed by atoms with Gasteiger partial charge in [0, 0.05) is 23.9 Å². The third-order valence-electron chi connectivity index (χ3n) is 4.10. The Kier molecular flexibility index (Phi) is 4.31. The van der Waals surface area contributed by atoms with E-state index in [2.05, 4.69) is 0 Å². The van der Waals surface area contributed by atoms with Crippen LogP contribution in [0.15, 0.2) is 17.5 Å². The van der Waals surface area contributed by atoms with Crippen LogP contribution in [0.4, 0.5) is 0 Å². The molecule has 2 atom stereocenters. The summed E-state index contributed by atoms with van der Waals surface area (Å²) in [6.45, 7) is 7.31. The molecule has 1 aromatic heterocycles. The molecule has 0 aromatic carbocycles. The van der Waals surface area contributed by atoms with Crippen molar-refractivity contribution < 1.29 is 9.90 Å². The van der Waals surface area contributed by atoms with Crippen LogP contribution in [0.1, 0.15) is 38.5 Å². The van der Waals surface area contributed by atoms with E-state index in [1.54, 1.807) is 11.3 Å². The standard InChI is InChI=1S/C15H23NO2S/c1-11(17)12-6-4-8-16(10-12)14(18)15(2,3)13-7-5-9-19-13/h5,7,9,11-12,17H,4,6,8,10H2,1-3H3. The van der Waals surface area contributed by atoms with Crippen LogP contribution in [0.5, 0.6) is 0 Å². The van der Waals surface area contributed by atoms with Crippen molar-refractivity contribution >= 4 is 17.2 Å². The van der Waals surface area contributed by atoms with Crippen LogP contribution in [0, 0.1) is 5.92 Å². The van der Waals surface area contributed by atoms with Crippen LogP contribution < -0.4 is 0 Å². The fourth-order valence-corrected chi connectivity index (χ4v) is 3.57. The smallest absolute Gasteiger partial charge is 0.233 e. The van der Waals surface area contributed by atoms with Gasteiger partial charge < -0.3 is 10.0 Å². The number of hydrogen-bond acceptors (Lipinski definition) is 3. The number of hydrogen-bond donors (Lipinski definition) is 1. The number of aliphatic hydroxyl groups excluding tert-OH is 1. The zero-order valence-corrected chi connectivity index (χ0v) is 12.7. The van der Waals surface area contributed by atoms with Crippen molar-refractivity contribution in [3.63, 3.8) is 0 Å². The van der Waals surface area contributed by atoms with E-state index in [0.717, 1.165) is 24.3 Å². The van der Waals surface area contributed by atoms with E-state index in [1.807, 2.05) is 43.2 Å². The summed E-state index contributed by atoms with van der Waals surface area (Å²) in [5.41, 5.74) is -0.464. The third-order valence-corrected chi connectivity index (χ3v) is 5.29. The molecule has 0 aliphatic carbocycles. The van der Waals surface area contributed by atoms with E-state index in [4.69, 9.17) is 0 Å². The lowest BCUT2D eigenvalue weighted by atomic mass is 9.86. The maximum absolute atomic E-state index is 12.7. The first-order chi connectivity index (χ1) is 8.93. The van der Waals surface area contributed by atoms with Crippen molar-refractivity contribution in [2.75, 3.05) is 13.1 Å². The molecule has 0 spiro atoms. The highest BCUT2D eigenvalue weighted by Crippen LogP contribution is 2.31. The lowest BCUT2D eigenvalue weighted by Gasteiger charge is -2.38. The highest BCUT2D eigenvalue weighted by atomic mass is 32.1. The van der Waals surface area contributed by atoms with Gasteiger partial charge >= 0.3 is 0 Å². The number of thiophene rings is 1. The predicted molar refractivity (Wildman–Crippen MR) is 78.3 cm³/mol. The van der Waals surface area contributed by atoms with Crippen molar-refractivity contribution in [1.29, 1.82) is 0 Å². The van der Waals surface area contributed by atoms with Crippen LogP contribution in [-0.2, 0) is 10.2 Å². The number of carbonyl (C=O) groups is 1. The molecule has 0 radical (unpaired) electrons. The molecule has 0 saturated carbocycles. The van der Waals surface area contributed by atoms with E-state index in [9.17, 15) is 9.90 Å². The molecule has 0 bridgehead atoms.